The molecule has 0 aliphatic carbocycles. The zero-order chi connectivity index (χ0) is 19.1. The lowest BCUT2D eigenvalue weighted by Crippen LogP contribution is -2.53. The van der Waals surface area contributed by atoms with E-state index in [-0.39, 0.29) is 42.1 Å². The van der Waals surface area contributed by atoms with E-state index in [1.165, 1.54) is 11.0 Å². The highest BCUT2D eigenvalue weighted by molar-refractivity contribution is 14.0. The molecule has 0 bridgehead atoms. The Morgan fingerprint density at radius 3 is 2.56 bits per heavy atom. The van der Waals surface area contributed by atoms with Crippen molar-refractivity contribution < 1.29 is 13.6 Å². The van der Waals surface area contributed by atoms with Gasteiger partial charge in [-0.15, -0.1) is 30.6 Å². The molecule has 1 saturated heterocycles. The van der Waals surface area contributed by atoms with Crippen molar-refractivity contribution in [1.82, 2.24) is 15.1 Å². The van der Waals surface area contributed by atoms with E-state index < -0.39 is 11.6 Å². The van der Waals surface area contributed by atoms with Crippen LogP contribution in [-0.2, 0) is 4.79 Å². The molecule has 9 heteroatoms. The summed E-state index contributed by atoms with van der Waals surface area (Å²) in [4.78, 5) is 21.4. The van der Waals surface area contributed by atoms with Crippen LogP contribution < -0.4 is 10.2 Å². The van der Waals surface area contributed by atoms with Crippen LogP contribution >= 0.6 is 24.0 Å². The number of aliphatic imine (C=N–C) groups is 1. The van der Waals surface area contributed by atoms with Crippen LogP contribution in [0.2, 0.25) is 0 Å². The molecule has 0 unspecified atom stereocenters. The molecular weight excluding hydrogens is 467 g/mol. The van der Waals surface area contributed by atoms with Crippen molar-refractivity contribution in [2.24, 2.45) is 4.99 Å². The smallest absolute Gasteiger partial charge is 0.243 e. The van der Waals surface area contributed by atoms with Crippen LogP contribution in [0.3, 0.4) is 0 Å². The number of nitrogens with one attached hydrogen (secondary N) is 1. The summed E-state index contributed by atoms with van der Waals surface area (Å²) >= 11 is 0. The van der Waals surface area contributed by atoms with Crippen LogP contribution in [0.15, 0.2) is 35.8 Å². The summed E-state index contributed by atoms with van der Waals surface area (Å²) in [5.74, 6) is -0.376. The Labute approximate surface area is 175 Å². The molecule has 0 atom stereocenters. The first-order chi connectivity index (χ1) is 12.4. The number of nitrogens with zero attached hydrogens (tertiary/aromatic N) is 4. The second-order valence-electron chi connectivity index (χ2n) is 6.17. The van der Waals surface area contributed by atoms with E-state index >= 15 is 0 Å². The molecule has 0 saturated carbocycles. The molecule has 0 spiro atoms. The summed E-state index contributed by atoms with van der Waals surface area (Å²) in [7, 11) is 3.36. The number of piperazine rings is 1. The predicted octanol–water partition coefficient (Wildman–Crippen LogP) is 1.92. The van der Waals surface area contributed by atoms with Gasteiger partial charge in [0.1, 0.15) is 18.2 Å². The van der Waals surface area contributed by atoms with Crippen molar-refractivity contribution in [3.63, 3.8) is 0 Å². The number of guanidine groups is 1. The molecule has 1 aliphatic rings. The molecule has 150 valence electrons. The zero-order valence-electron chi connectivity index (χ0n) is 15.6. The number of anilines is 1. The van der Waals surface area contributed by atoms with Gasteiger partial charge in [-0.1, -0.05) is 6.08 Å². The van der Waals surface area contributed by atoms with Crippen LogP contribution in [0.4, 0.5) is 14.5 Å². The summed E-state index contributed by atoms with van der Waals surface area (Å²) in [6.45, 7) is 6.45. The predicted molar refractivity (Wildman–Crippen MR) is 115 cm³/mol. The second kappa shape index (κ2) is 11.1. The van der Waals surface area contributed by atoms with Gasteiger partial charge in [-0.25, -0.2) is 13.8 Å². The molecule has 1 aromatic rings. The van der Waals surface area contributed by atoms with E-state index in [1.54, 1.807) is 20.2 Å². The Morgan fingerprint density at radius 1 is 1.30 bits per heavy atom. The monoisotopic (exact) mass is 493 g/mol. The molecule has 1 aliphatic heterocycles. The largest absolute Gasteiger partial charge is 0.366 e. The molecular formula is C18H26F2IN5O. The molecule has 6 nitrogen and oxygen atoms in total. The fourth-order valence-electron chi connectivity index (χ4n) is 2.60. The van der Waals surface area contributed by atoms with Crippen LogP contribution in [0.5, 0.6) is 0 Å². The van der Waals surface area contributed by atoms with Gasteiger partial charge >= 0.3 is 0 Å². The Balaban J connectivity index is 0.00000364. The van der Waals surface area contributed by atoms with E-state index in [0.717, 1.165) is 12.1 Å². The minimum atomic E-state index is -0.457. The van der Waals surface area contributed by atoms with E-state index in [9.17, 15) is 13.6 Å². The average Bonchev–Trinajstić information content (AvgIpc) is 2.63. The lowest BCUT2D eigenvalue weighted by atomic mass is 10.2. The molecule has 1 amide bonds. The van der Waals surface area contributed by atoms with Crippen molar-refractivity contribution >= 4 is 41.5 Å². The number of amides is 1. The van der Waals surface area contributed by atoms with Crippen LogP contribution in [0.1, 0.15) is 0 Å². The topological polar surface area (TPSA) is 51.2 Å². The first-order valence-electron chi connectivity index (χ1n) is 8.46. The molecule has 2 rings (SSSR count). The first-order valence-corrected chi connectivity index (χ1v) is 8.46. The number of benzene rings is 1. The number of hydrogen-bond acceptors (Lipinski definition) is 3. The van der Waals surface area contributed by atoms with Crippen LogP contribution in [0.25, 0.3) is 0 Å². The Bertz CT molecular complexity index is 676. The Morgan fingerprint density at radius 2 is 1.96 bits per heavy atom. The third-order valence-electron chi connectivity index (χ3n) is 4.10. The number of carbonyl (C=O) groups excluding carboxylic acids is 1. The van der Waals surface area contributed by atoms with Gasteiger partial charge in [0.2, 0.25) is 5.91 Å². The number of likely N-dealkylation sites (N-methyl/N-ethyl adjacent to an activating group) is 1. The first kappa shape index (κ1) is 23.1. The highest BCUT2D eigenvalue weighted by Gasteiger charge is 2.22. The van der Waals surface area contributed by atoms with Gasteiger partial charge in [0, 0.05) is 52.9 Å². The Hall–Kier alpha value is -1.91. The number of carbonyl (C=O) groups is 1. The number of rotatable bonds is 5. The summed E-state index contributed by atoms with van der Waals surface area (Å²) in [6.07, 6.45) is 1.71. The maximum absolute atomic E-state index is 14.0. The highest BCUT2D eigenvalue weighted by atomic mass is 127. The molecule has 1 aromatic carbocycles. The minimum absolute atomic E-state index is 0. The van der Waals surface area contributed by atoms with E-state index in [4.69, 9.17) is 0 Å². The lowest BCUT2D eigenvalue weighted by molar-refractivity contribution is -0.127. The summed E-state index contributed by atoms with van der Waals surface area (Å²) < 4.78 is 27.4. The highest BCUT2D eigenvalue weighted by Crippen LogP contribution is 2.21. The van der Waals surface area contributed by atoms with Gasteiger partial charge in [0.15, 0.2) is 5.96 Å². The maximum Gasteiger partial charge on any atom is 0.243 e. The van der Waals surface area contributed by atoms with Crippen molar-refractivity contribution in [1.29, 1.82) is 0 Å². The van der Waals surface area contributed by atoms with E-state index in [0.29, 0.717) is 38.7 Å². The normalized spacial score (nSPS) is 14.4. The Kier molecular flexibility index (Phi) is 9.47. The minimum Gasteiger partial charge on any atom is -0.366 e. The zero-order valence-corrected chi connectivity index (χ0v) is 18.0. The molecule has 0 aromatic heterocycles. The van der Waals surface area contributed by atoms with Crippen molar-refractivity contribution in [3.8, 4) is 0 Å². The number of halogens is 3. The molecule has 1 fully saturated rings. The van der Waals surface area contributed by atoms with Gasteiger partial charge < -0.3 is 20.0 Å². The fourth-order valence-corrected chi connectivity index (χ4v) is 2.60. The molecule has 1 N–H and O–H groups in total. The maximum atomic E-state index is 14.0. The molecule has 1 heterocycles. The summed E-state index contributed by atoms with van der Waals surface area (Å²) in [5.41, 5.74) is 0.268. The van der Waals surface area contributed by atoms with Gasteiger partial charge in [0.05, 0.1) is 5.69 Å². The second-order valence-corrected chi connectivity index (χ2v) is 6.17. The van der Waals surface area contributed by atoms with Crippen LogP contribution in [0, 0.1) is 11.6 Å². The van der Waals surface area contributed by atoms with Gasteiger partial charge in [-0.3, -0.25) is 4.79 Å². The van der Waals surface area contributed by atoms with Gasteiger partial charge in [0.25, 0.3) is 0 Å². The van der Waals surface area contributed by atoms with Crippen molar-refractivity contribution in [2.45, 2.75) is 0 Å². The van der Waals surface area contributed by atoms with Crippen LogP contribution in [-0.4, -0.2) is 75.0 Å². The third kappa shape index (κ3) is 6.64. The number of hydrogen-bond donors (Lipinski definition) is 1. The van der Waals surface area contributed by atoms with E-state index in [2.05, 4.69) is 16.9 Å². The molecule has 27 heavy (non-hydrogen) atoms. The van der Waals surface area contributed by atoms with Crippen molar-refractivity contribution in [2.75, 3.05) is 58.3 Å². The van der Waals surface area contributed by atoms with Crippen molar-refractivity contribution in [3.05, 3.63) is 42.5 Å². The lowest BCUT2D eigenvalue weighted by Gasteiger charge is -2.37. The summed E-state index contributed by atoms with van der Waals surface area (Å²) in [5, 5.41) is 3.14. The molecule has 0 radical (unpaired) electrons. The average molecular weight is 493 g/mol. The van der Waals surface area contributed by atoms with Gasteiger partial charge in [-0.2, -0.15) is 0 Å². The van der Waals surface area contributed by atoms with Gasteiger partial charge in [-0.05, 0) is 12.1 Å². The van der Waals surface area contributed by atoms with E-state index in [1.807, 2.05) is 9.80 Å². The third-order valence-corrected chi connectivity index (χ3v) is 4.10. The summed E-state index contributed by atoms with van der Waals surface area (Å²) in [6, 6.07) is 3.47. The standard InChI is InChI=1S/C18H25F2N5O.HI/c1-4-7-21-18(22-13-17(26)23(2)3)25-10-8-24(9-11-25)16-12-14(19)5-6-15(16)20;/h4-6,12H,1,7-11,13H2,2-3H3,(H,21,22);1H. The fraction of sp³-hybridized carbons (Fsp3) is 0.444. The quantitative estimate of drug-likeness (QED) is 0.295. The SMILES string of the molecule is C=CCNC(=NCC(=O)N(C)C)N1CCN(c2cc(F)ccc2F)CC1.I.